The first-order valence-corrected chi connectivity index (χ1v) is 38.2. The normalized spacial score (nSPS) is 30.8. The van der Waals surface area contributed by atoms with Crippen molar-refractivity contribution in [2.75, 3.05) is 74.5 Å². The van der Waals surface area contributed by atoms with Gasteiger partial charge in [-0.3, -0.25) is 57.5 Å². The molecule has 1 spiro atoms. The van der Waals surface area contributed by atoms with Crippen LogP contribution in [0.1, 0.15) is 209 Å². The van der Waals surface area contributed by atoms with Crippen molar-refractivity contribution < 1.29 is 70.7 Å². The number of likely N-dealkylation sites (N-methyl/N-ethyl adjacent to an activating group) is 6. The van der Waals surface area contributed by atoms with Gasteiger partial charge in [-0.1, -0.05) is 92.9 Å². The highest BCUT2D eigenvalue weighted by Crippen LogP contribution is 2.44. The number of rotatable bonds is 12. The molecule has 4 aliphatic heterocycles. The van der Waals surface area contributed by atoms with Gasteiger partial charge in [0.2, 0.25) is 70.9 Å². The van der Waals surface area contributed by atoms with Gasteiger partial charge in [0.05, 0.1) is 18.9 Å². The molecule has 4 saturated heterocycles. The molecule has 101 heavy (non-hydrogen) atoms. The predicted octanol–water partition coefficient (Wildman–Crippen LogP) is 6.48. The summed E-state index contributed by atoms with van der Waals surface area (Å²) in [6.07, 6.45) is 4.62. The van der Waals surface area contributed by atoms with Crippen LogP contribution in [0.25, 0.3) is 0 Å². The molecule has 7 rings (SSSR count). The van der Waals surface area contributed by atoms with Crippen LogP contribution >= 0.6 is 11.6 Å². The van der Waals surface area contributed by atoms with E-state index in [1.807, 2.05) is 20.8 Å². The van der Waals surface area contributed by atoms with E-state index in [2.05, 4.69) is 16.0 Å². The molecule has 3 unspecified atom stereocenters. The van der Waals surface area contributed by atoms with Crippen LogP contribution in [-0.4, -0.2) is 261 Å². The Hall–Kier alpha value is -6.28. The Balaban J connectivity index is 1.28. The lowest BCUT2D eigenvalue weighted by Gasteiger charge is -2.46. The van der Waals surface area contributed by atoms with Gasteiger partial charge >= 0.3 is 6.18 Å². The molecule has 28 heteroatoms. The first kappa shape index (κ1) is 82.0. The lowest BCUT2D eigenvalue weighted by molar-refractivity contribution is -0.182. The van der Waals surface area contributed by atoms with E-state index in [1.54, 1.807) is 32.6 Å². The van der Waals surface area contributed by atoms with Gasteiger partial charge in [0.25, 0.3) is 0 Å². The minimum atomic E-state index is -4.51. The number of carbonyl (C=O) groups is 12. The van der Waals surface area contributed by atoms with Crippen LogP contribution in [0.4, 0.5) is 13.2 Å². The number of halogens is 4. The molecule has 0 aromatic rings. The van der Waals surface area contributed by atoms with Gasteiger partial charge in [-0.25, -0.2) is 0 Å². The number of likely N-dealkylation sites (tertiary alicyclic amines) is 1. The van der Waals surface area contributed by atoms with Crippen molar-refractivity contribution in [1.29, 1.82) is 0 Å². The van der Waals surface area contributed by atoms with Gasteiger partial charge in [-0.05, 0) is 140 Å². The number of hydrogen-bond donors (Lipinski definition) is 3. The van der Waals surface area contributed by atoms with E-state index in [-0.39, 0.29) is 108 Å². The second-order valence-corrected chi connectivity index (χ2v) is 31.8. The van der Waals surface area contributed by atoms with E-state index in [9.17, 15) is 37.1 Å². The molecule has 13 atom stereocenters. The molecule has 24 nitrogen and oxygen atoms in total. The summed E-state index contributed by atoms with van der Waals surface area (Å²) in [5.74, 6) is -10.6. The molecular formula is C73H118ClF3N12O12. The second-order valence-electron chi connectivity index (χ2n) is 31.2. The van der Waals surface area contributed by atoms with Gasteiger partial charge < -0.3 is 60.0 Å². The number of carbonyl (C=O) groups excluding carboxylic acids is 12. The summed E-state index contributed by atoms with van der Waals surface area (Å²) in [7, 11) is 7.20. The van der Waals surface area contributed by atoms with Gasteiger partial charge in [0.15, 0.2) is 0 Å². The largest absolute Gasteiger partial charge is 0.393 e. The van der Waals surface area contributed by atoms with E-state index in [1.165, 1.54) is 81.4 Å². The van der Waals surface area contributed by atoms with Crippen molar-refractivity contribution >= 4 is 82.5 Å². The Morgan fingerprint density at radius 1 is 0.614 bits per heavy atom. The molecule has 570 valence electrons. The maximum Gasteiger partial charge on any atom is 0.393 e. The van der Waals surface area contributed by atoms with Crippen LogP contribution < -0.4 is 16.0 Å². The molecule has 3 N–H and O–H groups in total. The second kappa shape index (κ2) is 35.9. The fourth-order valence-electron chi connectivity index (χ4n) is 16.8. The Labute approximate surface area is 601 Å². The predicted molar refractivity (Wildman–Crippen MR) is 375 cm³/mol. The van der Waals surface area contributed by atoms with Crippen LogP contribution in [0.2, 0.25) is 0 Å². The Bertz CT molecular complexity index is 2960. The summed E-state index contributed by atoms with van der Waals surface area (Å²) in [6.45, 7) is 14.6. The van der Waals surface area contributed by atoms with Crippen LogP contribution in [0.15, 0.2) is 0 Å². The minimum absolute atomic E-state index is 0.00145. The topological polar surface area (TPSA) is 270 Å². The van der Waals surface area contributed by atoms with Crippen molar-refractivity contribution in [3.05, 3.63) is 0 Å². The highest BCUT2D eigenvalue weighted by molar-refractivity contribution is 6.21. The van der Waals surface area contributed by atoms with Gasteiger partial charge in [0.1, 0.15) is 59.9 Å². The van der Waals surface area contributed by atoms with Gasteiger partial charge in [0, 0.05) is 73.3 Å². The third kappa shape index (κ3) is 19.6. The molecule has 4 heterocycles. The summed E-state index contributed by atoms with van der Waals surface area (Å²) in [4.78, 5) is 193. The number of fused-ring (bicyclic) bond motifs is 2. The first-order valence-electron chi connectivity index (χ1n) is 37.7. The quantitative estimate of drug-likeness (QED) is 0.177. The highest BCUT2D eigenvalue weighted by Gasteiger charge is 2.53. The molecule has 3 aliphatic carbocycles. The molecular weight excluding hydrogens is 1330 g/mol. The maximum atomic E-state index is 15.5. The maximum absolute atomic E-state index is 15.5. The van der Waals surface area contributed by atoms with Gasteiger partial charge in [-0.2, -0.15) is 13.2 Å². The smallest absolute Gasteiger partial charge is 0.343 e. The van der Waals surface area contributed by atoms with Crippen LogP contribution in [0.5, 0.6) is 0 Å². The van der Waals surface area contributed by atoms with Crippen molar-refractivity contribution in [3.8, 4) is 0 Å². The number of hydrogen-bond acceptors (Lipinski definition) is 12. The minimum Gasteiger partial charge on any atom is -0.343 e. The van der Waals surface area contributed by atoms with E-state index < -0.39 is 173 Å². The Morgan fingerprint density at radius 3 is 1.82 bits per heavy atom. The summed E-state index contributed by atoms with van der Waals surface area (Å²) >= 11 is 6.42. The van der Waals surface area contributed by atoms with E-state index in [0.29, 0.717) is 51.6 Å². The zero-order valence-electron chi connectivity index (χ0n) is 62.4. The van der Waals surface area contributed by atoms with Crippen molar-refractivity contribution in [2.24, 2.45) is 35.5 Å². The molecule has 12 amide bonds. The fraction of sp³-hybridized carbons (Fsp3) is 0.836. The molecule has 0 aromatic carbocycles. The SMILES string of the molecule is CC[C@H](C)[C@@H]1NC(=O)[C@H](CC(C)C)N(C)C(=O)C[C@@H](C(=O)N2CCCCC2)N(C)C(=O)[C@H](C(C)C)N(C)C(=O)C2(CCCC2)NC(=O)[C@@H]2CCCN2C(=O)[C@H](CCC2CCC(C(F)(F)F)C(Cl)C2)NC(=O)CN(C)C(=O)[C@H](CC2CCCCC2)N(CC)C(=O)[C@@H]2CCN2C(=O)[C@H](C)N(C)C1=O. The number of nitrogens with one attached hydrogen (secondary N) is 3. The molecule has 7 fully saturated rings. The third-order valence-electron chi connectivity index (χ3n) is 23.5. The Kier molecular flexibility index (Phi) is 29.2. The molecule has 0 aromatic heterocycles. The standard InChI is InChI=1S/C73H118ClF3N12O12/c1-14-46(7)60-69(99)82(10)47(8)64(94)89-38-32-54(89)68(98)87(15-2)57(41-48-25-18-16-19-26-48)66(96)81(9)43-58(90)78-52(31-29-49-28-30-50(51(74)40-49)73(75,76)77)65(95)88-37-24-27-53(88)63(93)80-72(33-20-21-34-72)71(101)85(13)61(45(5)6)70(100)84(12)56(67(97)86-35-22-17-23-36-86)42-59(91)83(11)55(39-44(3)4)62(92)79-60/h44-57,60-61H,14-43H2,1-13H3,(H,78,90)(H,79,92)(H,80,93)/t46-,47-,49?,50?,51?,52-,53-,54-,55-,56-,57-,60-,61-/m0/s1. The van der Waals surface area contributed by atoms with Crippen molar-refractivity contribution in [1.82, 2.24) is 60.0 Å². The average molecular weight is 1450 g/mol. The fourth-order valence-corrected chi connectivity index (χ4v) is 17.3. The van der Waals surface area contributed by atoms with Gasteiger partial charge in [-0.15, -0.1) is 11.6 Å². The zero-order valence-corrected chi connectivity index (χ0v) is 63.1. The summed E-state index contributed by atoms with van der Waals surface area (Å²) in [5, 5.41) is 7.64. The highest BCUT2D eigenvalue weighted by atomic mass is 35.5. The van der Waals surface area contributed by atoms with E-state index in [0.717, 1.165) is 38.5 Å². The number of amides is 12. The number of piperidine rings is 1. The molecule has 0 radical (unpaired) electrons. The molecule has 0 bridgehead atoms. The van der Waals surface area contributed by atoms with Crippen LogP contribution in [-0.2, 0) is 57.5 Å². The van der Waals surface area contributed by atoms with Crippen molar-refractivity contribution in [2.45, 2.75) is 281 Å². The third-order valence-corrected chi connectivity index (χ3v) is 23.9. The van der Waals surface area contributed by atoms with Crippen LogP contribution in [0.3, 0.4) is 0 Å². The summed E-state index contributed by atoms with van der Waals surface area (Å²) in [6, 6.07) is -10.8. The number of nitrogens with zero attached hydrogens (tertiary/aromatic N) is 9. The van der Waals surface area contributed by atoms with E-state index in [4.69, 9.17) is 11.6 Å². The zero-order chi connectivity index (χ0) is 74.7. The average Bonchev–Trinajstić information content (AvgIpc) is 1.77. The van der Waals surface area contributed by atoms with E-state index >= 15 is 33.6 Å². The molecule has 3 saturated carbocycles. The monoisotopic (exact) mass is 1450 g/mol. The number of alkyl halides is 4. The Morgan fingerprint density at radius 2 is 1.25 bits per heavy atom. The lowest BCUT2D eigenvalue weighted by Crippen LogP contribution is -2.65. The lowest BCUT2D eigenvalue weighted by atomic mass is 9.78. The summed E-state index contributed by atoms with van der Waals surface area (Å²) in [5.41, 5.74) is -1.56. The van der Waals surface area contributed by atoms with Crippen molar-refractivity contribution in [3.63, 3.8) is 0 Å². The summed E-state index contributed by atoms with van der Waals surface area (Å²) < 4.78 is 42.1. The van der Waals surface area contributed by atoms with Crippen LogP contribution in [0, 0.1) is 35.5 Å². The molecule has 7 aliphatic rings. The first-order chi connectivity index (χ1) is 47.6.